The molecule has 3 heteroatoms. The van der Waals surface area contributed by atoms with Crippen molar-refractivity contribution in [1.29, 1.82) is 0 Å². The summed E-state index contributed by atoms with van der Waals surface area (Å²) in [7, 11) is 1.69. The van der Waals surface area contributed by atoms with Gasteiger partial charge in [-0.2, -0.15) is 0 Å². The van der Waals surface area contributed by atoms with Crippen LogP contribution in [0.25, 0.3) is 16.3 Å². The fraction of sp³-hybridized carbons (Fsp3) is 0.0833. The van der Waals surface area contributed by atoms with Gasteiger partial charge in [0.2, 0.25) is 0 Å². The molecular weight excluding hydrogens is 352 g/mol. The summed E-state index contributed by atoms with van der Waals surface area (Å²) in [5, 5.41) is 4.52. The maximum Gasteiger partial charge on any atom is 0.152 e. The topological polar surface area (TPSA) is 18.5 Å². The van der Waals surface area contributed by atoms with Crippen molar-refractivity contribution in [3.63, 3.8) is 0 Å². The van der Waals surface area contributed by atoms with E-state index >= 15 is 0 Å². The minimum Gasteiger partial charge on any atom is -0.497 e. The normalized spacial score (nSPS) is 15.7. The monoisotopic (exact) mass is 370 g/mol. The number of benzene rings is 3. The molecule has 0 aliphatic carbocycles. The highest BCUT2D eigenvalue weighted by molar-refractivity contribution is 7.10. The number of ether oxygens (including phenoxy) is 2. The van der Waals surface area contributed by atoms with E-state index < -0.39 is 0 Å². The smallest absolute Gasteiger partial charge is 0.152 e. The third-order valence-corrected chi connectivity index (χ3v) is 5.89. The van der Waals surface area contributed by atoms with E-state index in [9.17, 15) is 0 Å². The lowest BCUT2D eigenvalue weighted by atomic mass is 9.89. The number of hydrogen-bond acceptors (Lipinski definition) is 3. The maximum atomic E-state index is 6.39. The lowest BCUT2D eigenvalue weighted by Gasteiger charge is -2.26. The number of rotatable bonds is 3. The van der Waals surface area contributed by atoms with Crippen LogP contribution in [0.5, 0.6) is 11.5 Å². The molecule has 0 bridgehead atoms. The van der Waals surface area contributed by atoms with E-state index in [-0.39, 0.29) is 6.10 Å². The average molecular weight is 370 g/mol. The van der Waals surface area contributed by atoms with Crippen LogP contribution in [0.2, 0.25) is 0 Å². The van der Waals surface area contributed by atoms with Crippen LogP contribution in [0.3, 0.4) is 0 Å². The van der Waals surface area contributed by atoms with E-state index in [0.717, 1.165) is 17.1 Å². The van der Waals surface area contributed by atoms with Gasteiger partial charge >= 0.3 is 0 Å². The standard InChI is InChI=1S/C24H18O2S/c1-25-18-11-8-17(9-12-18)20-15-22(23-7-4-14-27-23)26-21-13-10-16-5-2-3-6-19(16)24(20)21/h2-15,22H,1H3. The zero-order valence-corrected chi connectivity index (χ0v) is 15.7. The zero-order chi connectivity index (χ0) is 18.2. The van der Waals surface area contributed by atoms with E-state index in [1.165, 1.54) is 26.8 Å². The second kappa shape index (κ2) is 6.60. The molecule has 132 valence electrons. The highest BCUT2D eigenvalue weighted by Crippen LogP contribution is 2.44. The highest BCUT2D eigenvalue weighted by atomic mass is 32.1. The minimum atomic E-state index is -0.0734. The van der Waals surface area contributed by atoms with Crippen LogP contribution in [-0.2, 0) is 0 Å². The van der Waals surface area contributed by atoms with Gasteiger partial charge in [0, 0.05) is 10.4 Å². The number of thiophene rings is 1. The molecule has 1 aliphatic heterocycles. The van der Waals surface area contributed by atoms with Crippen LogP contribution < -0.4 is 9.47 Å². The minimum absolute atomic E-state index is 0.0734. The van der Waals surface area contributed by atoms with Crippen LogP contribution >= 0.6 is 11.3 Å². The van der Waals surface area contributed by atoms with Gasteiger partial charge in [-0.25, -0.2) is 0 Å². The Morgan fingerprint density at radius 3 is 2.52 bits per heavy atom. The van der Waals surface area contributed by atoms with Gasteiger partial charge in [-0.05, 0) is 57.6 Å². The van der Waals surface area contributed by atoms with Gasteiger partial charge in [-0.3, -0.25) is 0 Å². The van der Waals surface area contributed by atoms with E-state index in [0.29, 0.717) is 0 Å². The molecular formula is C24H18O2S. The van der Waals surface area contributed by atoms with Gasteiger partial charge in [0.25, 0.3) is 0 Å². The highest BCUT2D eigenvalue weighted by Gasteiger charge is 2.25. The van der Waals surface area contributed by atoms with Gasteiger partial charge < -0.3 is 9.47 Å². The Labute approximate surface area is 162 Å². The second-order valence-corrected chi connectivity index (χ2v) is 7.50. The largest absolute Gasteiger partial charge is 0.497 e. The third kappa shape index (κ3) is 2.81. The molecule has 0 amide bonds. The number of fused-ring (bicyclic) bond motifs is 3. The van der Waals surface area contributed by atoms with Gasteiger partial charge in [-0.1, -0.05) is 48.5 Å². The van der Waals surface area contributed by atoms with Crippen LogP contribution in [0.4, 0.5) is 0 Å². The van der Waals surface area contributed by atoms with Crippen LogP contribution in [0, 0.1) is 0 Å². The second-order valence-electron chi connectivity index (χ2n) is 6.52. The molecule has 0 radical (unpaired) electrons. The Bertz CT molecular complexity index is 1120. The molecule has 1 atom stereocenters. The Morgan fingerprint density at radius 2 is 1.74 bits per heavy atom. The molecule has 27 heavy (non-hydrogen) atoms. The van der Waals surface area contributed by atoms with Crippen LogP contribution in [0.1, 0.15) is 22.1 Å². The van der Waals surface area contributed by atoms with Gasteiger partial charge in [-0.15, -0.1) is 11.3 Å². The number of methoxy groups -OCH3 is 1. The lowest BCUT2D eigenvalue weighted by molar-refractivity contribution is 0.255. The molecule has 2 heterocycles. The molecule has 4 aromatic rings. The Hall–Kier alpha value is -3.04. The molecule has 5 rings (SSSR count). The summed E-state index contributed by atoms with van der Waals surface area (Å²) in [6.45, 7) is 0. The number of hydrogen-bond donors (Lipinski definition) is 0. The van der Waals surface area contributed by atoms with E-state index in [1.54, 1.807) is 18.4 Å². The molecule has 0 N–H and O–H groups in total. The van der Waals surface area contributed by atoms with Crippen molar-refractivity contribution < 1.29 is 9.47 Å². The first kappa shape index (κ1) is 16.2. The van der Waals surface area contributed by atoms with Crippen molar-refractivity contribution in [2.45, 2.75) is 6.10 Å². The molecule has 1 unspecified atom stereocenters. The SMILES string of the molecule is COc1ccc(C2=CC(c3cccs3)Oc3ccc4ccccc4c32)cc1. The lowest BCUT2D eigenvalue weighted by Crippen LogP contribution is -2.11. The third-order valence-electron chi connectivity index (χ3n) is 4.96. The molecule has 0 spiro atoms. The fourth-order valence-corrected chi connectivity index (χ4v) is 4.36. The predicted octanol–water partition coefficient (Wildman–Crippen LogP) is 6.48. The maximum absolute atomic E-state index is 6.39. The van der Waals surface area contributed by atoms with Crippen molar-refractivity contribution in [3.8, 4) is 11.5 Å². The van der Waals surface area contributed by atoms with Gasteiger partial charge in [0.05, 0.1) is 7.11 Å². The molecule has 3 aromatic carbocycles. The quantitative estimate of drug-likeness (QED) is 0.411. The van der Waals surface area contributed by atoms with Gasteiger partial charge in [0.15, 0.2) is 6.10 Å². The van der Waals surface area contributed by atoms with Gasteiger partial charge in [0.1, 0.15) is 11.5 Å². The molecule has 1 aromatic heterocycles. The first-order valence-corrected chi connectivity index (χ1v) is 9.80. The summed E-state index contributed by atoms with van der Waals surface area (Å²) < 4.78 is 11.7. The van der Waals surface area contributed by atoms with E-state index in [1.807, 2.05) is 12.1 Å². The molecule has 1 aliphatic rings. The summed E-state index contributed by atoms with van der Waals surface area (Å²) in [5.41, 5.74) is 3.53. The summed E-state index contributed by atoms with van der Waals surface area (Å²) in [6.07, 6.45) is 2.17. The first-order chi connectivity index (χ1) is 13.3. The van der Waals surface area contributed by atoms with Crippen molar-refractivity contribution in [3.05, 3.63) is 100 Å². The fourth-order valence-electron chi connectivity index (χ4n) is 3.64. The Balaban J connectivity index is 1.74. The van der Waals surface area contributed by atoms with Crippen molar-refractivity contribution in [1.82, 2.24) is 0 Å². The van der Waals surface area contributed by atoms with Crippen LogP contribution in [0.15, 0.2) is 84.3 Å². The predicted molar refractivity (Wildman–Crippen MR) is 112 cm³/mol. The summed E-state index contributed by atoms with van der Waals surface area (Å²) in [4.78, 5) is 1.21. The van der Waals surface area contributed by atoms with E-state index in [4.69, 9.17) is 9.47 Å². The van der Waals surface area contributed by atoms with Crippen molar-refractivity contribution in [2.75, 3.05) is 7.11 Å². The Morgan fingerprint density at radius 1 is 0.889 bits per heavy atom. The Kier molecular flexibility index (Phi) is 3.95. The first-order valence-electron chi connectivity index (χ1n) is 8.92. The average Bonchev–Trinajstić information content (AvgIpc) is 3.28. The summed E-state index contributed by atoms with van der Waals surface area (Å²) >= 11 is 1.72. The van der Waals surface area contributed by atoms with Crippen molar-refractivity contribution in [2.24, 2.45) is 0 Å². The molecule has 0 fully saturated rings. The molecule has 2 nitrogen and oxygen atoms in total. The van der Waals surface area contributed by atoms with E-state index in [2.05, 4.69) is 72.1 Å². The zero-order valence-electron chi connectivity index (χ0n) is 14.9. The summed E-state index contributed by atoms with van der Waals surface area (Å²) in [5.74, 6) is 1.79. The van der Waals surface area contributed by atoms with Crippen LogP contribution in [-0.4, -0.2) is 7.11 Å². The van der Waals surface area contributed by atoms with Crippen molar-refractivity contribution >= 4 is 27.7 Å². The molecule has 0 saturated heterocycles. The molecule has 0 saturated carbocycles. The summed E-state index contributed by atoms with van der Waals surface area (Å²) in [6, 6.07) is 25.2.